The molecule has 0 radical (unpaired) electrons. The number of fused-ring (bicyclic) bond motifs is 1. The fourth-order valence-corrected chi connectivity index (χ4v) is 5.00. The van der Waals surface area contributed by atoms with Crippen LogP contribution in [0.25, 0.3) is 0 Å². The van der Waals surface area contributed by atoms with E-state index in [1.54, 1.807) is 0 Å². The number of morpholine rings is 1. The lowest BCUT2D eigenvalue weighted by atomic mass is 9.77. The summed E-state index contributed by atoms with van der Waals surface area (Å²) in [6.45, 7) is 6.49. The van der Waals surface area contributed by atoms with E-state index in [1.807, 2.05) is 36.1 Å². The zero-order valence-corrected chi connectivity index (χ0v) is 18.0. The number of ether oxygens (including phenoxy) is 1. The molecule has 1 saturated carbocycles. The Balaban J connectivity index is 1.49. The summed E-state index contributed by atoms with van der Waals surface area (Å²) in [4.78, 5) is 17.3. The van der Waals surface area contributed by atoms with Crippen molar-refractivity contribution in [3.8, 4) is 0 Å². The van der Waals surface area contributed by atoms with Gasteiger partial charge in [0.05, 0.1) is 37.3 Å². The summed E-state index contributed by atoms with van der Waals surface area (Å²) in [7, 11) is 0. The summed E-state index contributed by atoms with van der Waals surface area (Å²) < 4.78 is 5.36. The van der Waals surface area contributed by atoms with E-state index in [0.29, 0.717) is 11.7 Å². The number of nitrogens with one attached hydrogen (secondary N) is 2. The summed E-state index contributed by atoms with van der Waals surface area (Å²) in [6.07, 6.45) is -1.77. The number of rotatable bonds is 5. The number of nitrogens with zero attached hydrogens (tertiary/aromatic N) is 2. The Morgan fingerprint density at radius 2 is 1.97 bits per heavy atom. The minimum absolute atomic E-state index is 0.118. The number of aryl methyl sites for hydroxylation is 1. The molecule has 0 spiro atoms. The van der Waals surface area contributed by atoms with Gasteiger partial charge in [0.15, 0.2) is 5.11 Å². The second-order valence-corrected chi connectivity index (χ2v) is 8.70. The van der Waals surface area contributed by atoms with E-state index in [0.717, 1.165) is 44.1 Å². The topological polar surface area (TPSA) is 97.3 Å². The van der Waals surface area contributed by atoms with Crippen LogP contribution in [0.2, 0.25) is 0 Å². The van der Waals surface area contributed by atoms with E-state index in [4.69, 9.17) is 17.0 Å². The molecule has 5 atom stereocenters. The molecule has 1 aromatic rings. The summed E-state index contributed by atoms with van der Waals surface area (Å²) in [5.74, 6) is -0.611. The van der Waals surface area contributed by atoms with Gasteiger partial charge < -0.3 is 30.5 Å². The number of carbonyl (C=O) groups excluding carboxylic acids is 1. The maximum absolute atomic E-state index is 13.1. The first-order valence-corrected chi connectivity index (χ1v) is 11.0. The van der Waals surface area contributed by atoms with Crippen LogP contribution in [0, 0.1) is 12.8 Å². The van der Waals surface area contributed by atoms with Gasteiger partial charge in [-0.2, -0.15) is 0 Å². The molecular formula is C21H30N4O4S. The van der Waals surface area contributed by atoms with Crippen molar-refractivity contribution in [1.29, 1.82) is 0 Å². The molecule has 164 valence electrons. The number of aliphatic hydroxyl groups is 2. The molecular weight excluding hydrogens is 404 g/mol. The van der Waals surface area contributed by atoms with E-state index < -0.39 is 24.2 Å². The van der Waals surface area contributed by atoms with E-state index in [1.165, 1.54) is 0 Å². The van der Waals surface area contributed by atoms with Crippen molar-refractivity contribution in [2.45, 2.75) is 37.6 Å². The molecule has 8 nitrogen and oxygen atoms in total. The van der Waals surface area contributed by atoms with Crippen molar-refractivity contribution < 1.29 is 19.7 Å². The standard InChI is InChI=1S/C21H30N4O4S/c1-13-2-4-14(5-3-13)25-18-15(12-16(26)19(27)17(18)23-21(25)30)20(28)22-6-7-24-8-10-29-11-9-24/h2-5,15-19,26-27H,6-12H2,1H3,(H,22,28)(H,23,30)/t15-,16-,17-,18+,19+/m1/s1. The summed E-state index contributed by atoms with van der Waals surface area (Å²) >= 11 is 5.55. The van der Waals surface area contributed by atoms with E-state index in [-0.39, 0.29) is 18.4 Å². The number of thiocarbonyl (C=S) groups is 1. The second kappa shape index (κ2) is 9.15. The highest BCUT2D eigenvalue weighted by Crippen LogP contribution is 2.36. The Kier molecular flexibility index (Phi) is 6.54. The van der Waals surface area contributed by atoms with Crippen molar-refractivity contribution in [2.24, 2.45) is 5.92 Å². The molecule has 0 unspecified atom stereocenters. The SMILES string of the molecule is Cc1ccc(N2C(=S)N[C@H]3[C@@H](O)[C@H](O)C[C@@H](C(=O)NCCN4CCOCC4)[C@@H]32)cc1. The van der Waals surface area contributed by atoms with Gasteiger partial charge in [0.2, 0.25) is 5.91 Å². The molecule has 4 rings (SSSR count). The van der Waals surface area contributed by atoms with Gasteiger partial charge in [0.25, 0.3) is 0 Å². The van der Waals surface area contributed by atoms with Crippen LogP contribution < -0.4 is 15.5 Å². The van der Waals surface area contributed by atoms with Crippen LogP contribution in [-0.2, 0) is 9.53 Å². The fraction of sp³-hybridized carbons (Fsp3) is 0.619. The predicted octanol–water partition coefficient (Wildman–Crippen LogP) is -0.383. The van der Waals surface area contributed by atoms with Crippen LogP contribution in [0.15, 0.2) is 24.3 Å². The van der Waals surface area contributed by atoms with E-state index >= 15 is 0 Å². The third-order valence-electron chi connectivity index (χ3n) is 6.32. The Labute approximate surface area is 182 Å². The van der Waals surface area contributed by atoms with Crippen LogP contribution in [0.1, 0.15) is 12.0 Å². The molecule has 9 heteroatoms. The highest BCUT2D eigenvalue weighted by Gasteiger charge is 2.53. The first kappa shape index (κ1) is 21.5. The van der Waals surface area contributed by atoms with Gasteiger partial charge in [-0.15, -0.1) is 0 Å². The summed E-state index contributed by atoms with van der Waals surface area (Å²) in [5.41, 5.74) is 2.00. The van der Waals surface area contributed by atoms with Gasteiger partial charge >= 0.3 is 0 Å². The van der Waals surface area contributed by atoms with Crippen molar-refractivity contribution >= 4 is 28.9 Å². The summed E-state index contributed by atoms with van der Waals surface area (Å²) in [6, 6.07) is 7.07. The Bertz CT molecular complexity index is 771. The lowest BCUT2D eigenvalue weighted by Gasteiger charge is -2.41. The number of benzene rings is 1. The molecule has 4 N–H and O–H groups in total. The molecule has 3 aliphatic rings. The number of aliphatic hydroxyl groups excluding tert-OH is 2. The minimum Gasteiger partial charge on any atom is -0.390 e. The van der Waals surface area contributed by atoms with Gasteiger partial charge in [-0.05, 0) is 37.7 Å². The monoisotopic (exact) mass is 434 g/mol. The molecule has 1 amide bonds. The fourth-order valence-electron chi connectivity index (χ4n) is 4.64. The lowest BCUT2D eigenvalue weighted by Crippen LogP contribution is -2.61. The average Bonchev–Trinajstić information content (AvgIpc) is 3.09. The van der Waals surface area contributed by atoms with E-state index in [9.17, 15) is 15.0 Å². The molecule has 2 aliphatic heterocycles. The summed E-state index contributed by atoms with van der Waals surface area (Å²) in [5, 5.41) is 27.6. The van der Waals surface area contributed by atoms with Gasteiger partial charge in [0.1, 0.15) is 6.10 Å². The van der Waals surface area contributed by atoms with Crippen LogP contribution in [0.4, 0.5) is 5.69 Å². The maximum Gasteiger partial charge on any atom is 0.225 e. The van der Waals surface area contributed by atoms with Gasteiger partial charge in [-0.3, -0.25) is 9.69 Å². The predicted molar refractivity (Wildman–Crippen MR) is 117 cm³/mol. The number of carbonyl (C=O) groups is 1. The van der Waals surface area contributed by atoms with Crippen LogP contribution in [-0.4, -0.2) is 89.8 Å². The first-order chi connectivity index (χ1) is 14.5. The molecule has 1 aliphatic carbocycles. The Hall–Kier alpha value is -1.78. The molecule has 1 aromatic carbocycles. The maximum atomic E-state index is 13.1. The number of amides is 1. The van der Waals surface area contributed by atoms with Crippen molar-refractivity contribution in [1.82, 2.24) is 15.5 Å². The van der Waals surface area contributed by atoms with Gasteiger partial charge in [-0.1, -0.05) is 17.7 Å². The largest absolute Gasteiger partial charge is 0.390 e. The van der Waals surface area contributed by atoms with Crippen LogP contribution in [0.5, 0.6) is 0 Å². The van der Waals surface area contributed by atoms with E-state index in [2.05, 4.69) is 15.5 Å². The van der Waals surface area contributed by atoms with Crippen LogP contribution >= 0.6 is 12.2 Å². The van der Waals surface area contributed by atoms with Crippen LogP contribution in [0.3, 0.4) is 0 Å². The van der Waals surface area contributed by atoms with Crippen molar-refractivity contribution in [3.63, 3.8) is 0 Å². The third-order valence-corrected chi connectivity index (χ3v) is 6.64. The number of hydrogen-bond donors (Lipinski definition) is 4. The highest BCUT2D eigenvalue weighted by molar-refractivity contribution is 7.80. The Morgan fingerprint density at radius 1 is 1.27 bits per heavy atom. The molecule has 30 heavy (non-hydrogen) atoms. The van der Waals surface area contributed by atoms with Crippen molar-refractivity contribution in [3.05, 3.63) is 29.8 Å². The second-order valence-electron chi connectivity index (χ2n) is 8.32. The first-order valence-electron chi connectivity index (χ1n) is 10.6. The quantitative estimate of drug-likeness (QED) is 0.466. The molecule has 2 heterocycles. The average molecular weight is 435 g/mol. The van der Waals surface area contributed by atoms with Crippen molar-refractivity contribution in [2.75, 3.05) is 44.3 Å². The highest BCUT2D eigenvalue weighted by atomic mass is 32.1. The molecule has 3 fully saturated rings. The van der Waals surface area contributed by atoms with Gasteiger partial charge in [-0.25, -0.2) is 0 Å². The molecule has 0 bridgehead atoms. The number of hydrogen-bond acceptors (Lipinski definition) is 6. The lowest BCUT2D eigenvalue weighted by molar-refractivity contribution is -0.131. The Morgan fingerprint density at radius 3 is 2.67 bits per heavy atom. The number of anilines is 1. The normalized spacial score (nSPS) is 31.9. The van der Waals surface area contributed by atoms with Gasteiger partial charge in [0, 0.05) is 31.9 Å². The smallest absolute Gasteiger partial charge is 0.225 e. The molecule has 2 saturated heterocycles. The zero-order chi connectivity index (χ0) is 21.3. The molecule has 0 aromatic heterocycles. The zero-order valence-electron chi connectivity index (χ0n) is 17.2. The third kappa shape index (κ3) is 4.31. The minimum atomic E-state index is -0.985.